The summed E-state index contributed by atoms with van der Waals surface area (Å²) in [5, 5.41) is 10.7. The molecule has 3 atom stereocenters. The fraction of sp³-hybridized carbons (Fsp3) is 0.448. The zero-order valence-corrected chi connectivity index (χ0v) is 22.8. The Kier molecular flexibility index (Phi) is 9.40. The zero-order valence-electron chi connectivity index (χ0n) is 22.8. The molecule has 39 heavy (non-hydrogen) atoms. The second-order valence-electron chi connectivity index (χ2n) is 10.1. The number of aryl methyl sites for hydroxylation is 1. The molecular weight excluding hydrogens is 494 g/mol. The maximum atomic E-state index is 13.6. The van der Waals surface area contributed by atoms with E-state index in [2.05, 4.69) is 20.7 Å². The van der Waals surface area contributed by atoms with Crippen molar-refractivity contribution in [2.75, 3.05) is 13.1 Å². The minimum Gasteiger partial charge on any atom is -0.344 e. The number of carbonyl (C=O) groups is 3. The molecular formula is C29H37N7O3. The third-order valence-corrected chi connectivity index (χ3v) is 7.14. The molecule has 206 valence electrons. The van der Waals surface area contributed by atoms with Crippen LogP contribution in [-0.4, -0.2) is 61.5 Å². The summed E-state index contributed by atoms with van der Waals surface area (Å²) in [5.74, 6) is 0.530. The van der Waals surface area contributed by atoms with Gasteiger partial charge in [0.15, 0.2) is 0 Å². The van der Waals surface area contributed by atoms with E-state index in [1.165, 1.54) is 0 Å². The Balaban J connectivity index is 1.70. The second kappa shape index (κ2) is 13.1. The van der Waals surface area contributed by atoms with E-state index in [-0.39, 0.29) is 30.1 Å². The Labute approximate surface area is 229 Å². The van der Waals surface area contributed by atoms with Crippen LogP contribution >= 0.6 is 0 Å². The number of fused-ring (bicyclic) bond motifs is 1. The summed E-state index contributed by atoms with van der Waals surface area (Å²) in [6.45, 7) is 6.92. The van der Waals surface area contributed by atoms with Crippen molar-refractivity contribution in [1.82, 2.24) is 35.3 Å². The summed E-state index contributed by atoms with van der Waals surface area (Å²) >= 11 is 0. The molecule has 1 aliphatic heterocycles. The number of aromatic nitrogens is 4. The van der Waals surface area contributed by atoms with Gasteiger partial charge in [-0.15, -0.1) is 0 Å². The van der Waals surface area contributed by atoms with Gasteiger partial charge in [-0.3, -0.25) is 19.4 Å². The van der Waals surface area contributed by atoms with Gasteiger partial charge in [-0.05, 0) is 43.4 Å². The Morgan fingerprint density at radius 2 is 1.87 bits per heavy atom. The van der Waals surface area contributed by atoms with Crippen LogP contribution in [0, 0.1) is 12.8 Å². The Morgan fingerprint density at radius 1 is 1.08 bits per heavy atom. The molecule has 0 aliphatic carbocycles. The number of nitrogens with zero attached hydrogens (tertiary/aromatic N) is 5. The highest BCUT2D eigenvalue weighted by Crippen LogP contribution is 2.20. The Hall–Kier alpha value is -4.08. The van der Waals surface area contributed by atoms with Gasteiger partial charge in [0.25, 0.3) is 5.91 Å². The molecule has 0 spiro atoms. The molecule has 10 heteroatoms. The quantitative estimate of drug-likeness (QED) is 0.522. The predicted octanol–water partition coefficient (Wildman–Crippen LogP) is 2.85. The third-order valence-electron chi connectivity index (χ3n) is 7.14. The van der Waals surface area contributed by atoms with E-state index in [1.807, 2.05) is 51.1 Å². The normalized spacial score (nSPS) is 19.8. The predicted molar refractivity (Wildman–Crippen MR) is 147 cm³/mol. The van der Waals surface area contributed by atoms with Gasteiger partial charge < -0.3 is 15.5 Å². The minimum absolute atomic E-state index is 0.0671. The molecule has 0 saturated heterocycles. The highest BCUT2D eigenvalue weighted by atomic mass is 16.2. The van der Waals surface area contributed by atoms with Crippen LogP contribution in [0.5, 0.6) is 0 Å². The second-order valence-corrected chi connectivity index (χ2v) is 10.1. The van der Waals surface area contributed by atoms with Gasteiger partial charge >= 0.3 is 0 Å². The number of rotatable bonds is 5. The van der Waals surface area contributed by atoms with Gasteiger partial charge in [-0.2, -0.15) is 5.10 Å². The molecule has 1 aromatic carbocycles. The minimum atomic E-state index is -0.686. The molecule has 3 amide bonds. The lowest BCUT2D eigenvalue weighted by molar-refractivity contribution is -0.130. The van der Waals surface area contributed by atoms with Crippen molar-refractivity contribution in [1.29, 1.82) is 0 Å². The van der Waals surface area contributed by atoms with Crippen LogP contribution in [0.1, 0.15) is 66.7 Å². The van der Waals surface area contributed by atoms with E-state index in [4.69, 9.17) is 4.98 Å². The molecule has 10 nitrogen and oxygen atoms in total. The van der Waals surface area contributed by atoms with Gasteiger partial charge in [0.2, 0.25) is 11.8 Å². The molecule has 1 aliphatic rings. The fourth-order valence-electron chi connectivity index (χ4n) is 4.79. The summed E-state index contributed by atoms with van der Waals surface area (Å²) in [5.41, 5.74) is 1.53. The van der Waals surface area contributed by atoms with Gasteiger partial charge in [-0.25, -0.2) is 9.67 Å². The summed E-state index contributed by atoms with van der Waals surface area (Å²) in [7, 11) is 0. The molecule has 2 aromatic heterocycles. The monoisotopic (exact) mass is 531 g/mol. The SMILES string of the molecule is CC[C@H](C)[C@@H]1NC(=O)CCCN(C(=O)c2cccnc2)CCn2nc(C)nc2[C@H](Cc2ccccc2)NC1=O. The molecule has 2 N–H and O–H groups in total. The van der Waals surface area contributed by atoms with Crippen molar-refractivity contribution in [2.24, 2.45) is 5.92 Å². The van der Waals surface area contributed by atoms with E-state index in [1.54, 1.807) is 34.1 Å². The van der Waals surface area contributed by atoms with Crippen LogP contribution in [-0.2, 0) is 22.6 Å². The average Bonchev–Trinajstić information content (AvgIpc) is 3.33. The summed E-state index contributed by atoms with van der Waals surface area (Å²) < 4.78 is 1.79. The van der Waals surface area contributed by atoms with Crippen molar-refractivity contribution in [3.63, 3.8) is 0 Å². The van der Waals surface area contributed by atoms with Crippen molar-refractivity contribution in [2.45, 2.75) is 65.1 Å². The maximum absolute atomic E-state index is 13.6. The molecule has 0 saturated carbocycles. The first kappa shape index (κ1) is 27.9. The lowest BCUT2D eigenvalue weighted by atomic mass is 9.97. The maximum Gasteiger partial charge on any atom is 0.255 e. The topological polar surface area (TPSA) is 122 Å². The van der Waals surface area contributed by atoms with Gasteiger partial charge in [0, 0.05) is 31.9 Å². The summed E-state index contributed by atoms with van der Waals surface area (Å²) in [6.07, 6.45) is 5.08. The number of nitrogens with one attached hydrogen (secondary N) is 2. The van der Waals surface area contributed by atoms with E-state index >= 15 is 0 Å². The number of pyridine rings is 1. The van der Waals surface area contributed by atoms with Crippen molar-refractivity contribution in [3.8, 4) is 0 Å². The molecule has 3 aromatic rings. The van der Waals surface area contributed by atoms with Gasteiger partial charge in [0.1, 0.15) is 17.7 Å². The molecule has 0 unspecified atom stereocenters. The van der Waals surface area contributed by atoms with Crippen LogP contribution in [0.4, 0.5) is 0 Å². The summed E-state index contributed by atoms with van der Waals surface area (Å²) in [6, 6.07) is 12.2. The lowest BCUT2D eigenvalue weighted by Crippen LogP contribution is -2.51. The van der Waals surface area contributed by atoms with Crippen LogP contribution in [0.2, 0.25) is 0 Å². The molecule has 0 bridgehead atoms. The van der Waals surface area contributed by atoms with Crippen molar-refractivity contribution < 1.29 is 14.4 Å². The largest absolute Gasteiger partial charge is 0.344 e. The Bertz CT molecular complexity index is 1260. The highest BCUT2D eigenvalue weighted by Gasteiger charge is 2.31. The molecule has 4 rings (SSSR count). The van der Waals surface area contributed by atoms with E-state index < -0.39 is 12.1 Å². The van der Waals surface area contributed by atoms with E-state index in [0.717, 1.165) is 12.0 Å². The number of hydrogen-bond acceptors (Lipinski definition) is 6. The molecule has 0 radical (unpaired) electrons. The van der Waals surface area contributed by atoms with E-state index in [0.29, 0.717) is 49.7 Å². The zero-order chi connectivity index (χ0) is 27.8. The Morgan fingerprint density at radius 3 is 2.59 bits per heavy atom. The lowest BCUT2D eigenvalue weighted by Gasteiger charge is -2.28. The first-order valence-electron chi connectivity index (χ1n) is 13.6. The number of benzene rings is 1. The van der Waals surface area contributed by atoms with Crippen LogP contribution in [0.15, 0.2) is 54.9 Å². The van der Waals surface area contributed by atoms with Crippen LogP contribution in [0.25, 0.3) is 0 Å². The third kappa shape index (κ3) is 7.28. The number of hydrogen-bond donors (Lipinski definition) is 2. The van der Waals surface area contributed by atoms with Crippen molar-refractivity contribution >= 4 is 17.7 Å². The smallest absolute Gasteiger partial charge is 0.255 e. The first-order valence-corrected chi connectivity index (χ1v) is 13.6. The van der Waals surface area contributed by atoms with Crippen LogP contribution < -0.4 is 10.6 Å². The number of amides is 3. The van der Waals surface area contributed by atoms with E-state index in [9.17, 15) is 14.4 Å². The highest BCUT2D eigenvalue weighted by molar-refractivity contribution is 5.94. The fourth-order valence-corrected chi connectivity index (χ4v) is 4.79. The van der Waals surface area contributed by atoms with Crippen LogP contribution in [0.3, 0.4) is 0 Å². The average molecular weight is 532 g/mol. The summed E-state index contributed by atoms with van der Waals surface area (Å²) in [4.78, 5) is 50.4. The van der Waals surface area contributed by atoms with Gasteiger partial charge in [-0.1, -0.05) is 50.6 Å². The molecule has 3 heterocycles. The van der Waals surface area contributed by atoms with Crippen molar-refractivity contribution in [3.05, 3.63) is 77.6 Å². The standard InChI is InChI=1S/C29H37N7O3/c1-4-20(2)26-28(38)32-24(18-22-10-6-5-7-11-22)27-31-21(3)34-36(27)17-16-35(15-9-13-25(37)33-26)29(39)23-12-8-14-30-19-23/h5-8,10-12,14,19-20,24,26H,4,9,13,15-18H2,1-3H3,(H,32,38)(H,33,37)/t20-,24-,26-/m0/s1. The first-order chi connectivity index (χ1) is 18.9. The van der Waals surface area contributed by atoms with Gasteiger partial charge in [0.05, 0.1) is 18.2 Å². The number of carbonyl (C=O) groups excluding carboxylic acids is 3. The molecule has 0 fully saturated rings.